The lowest BCUT2D eigenvalue weighted by molar-refractivity contribution is -0.135. The van der Waals surface area contributed by atoms with Gasteiger partial charge in [0.25, 0.3) is 0 Å². The lowest BCUT2D eigenvalue weighted by atomic mass is 9.64. The molecule has 0 heterocycles. The monoisotopic (exact) mass is 262 g/mol. The maximum atomic E-state index is 13.0. The maximum Gasteiger partial charge on any atom is 0.140 e. The van der Waals surface area contributed by atoms with Gasteiger partial charge in [-0.3, -0.25) is 4.79 Å². The van der Waals surface area contributed by atoms with E-state index in [1.54, 1.807) is 0 Å². The molecule has 4 atom stereocenters. The summed E-state index contributed by atoms with van der Waals surface area (Å²) in [7, 11) is 0. The standard InChI is InChI=1S/C18H30O/c1-11(2)10-13-8-9-14-15(16(13)19)18(6,7)12(3)17(14,4)5/h12-15H,1,8-10H2,2-7H3/t12-,13?,14?,15?/m0/s1. The number of carbonyl (C=O) groups is 1. The molecule has 0 N–H and O–H groups in total. The average Bonchev–Trinajstić information content (AvgIpc) is 2.41. The Morgan fingerprint density at radius 1 is 1.21 bits per heavy atom. The third kappa shape index (κ3) is 2.10. The minimum absolute atomic E-state index is 0.138. The number of fused-ring (bicyclic) bond motifs is 1. The molecule has 0 aliphatic heterocycles. The second-order valence-corrected chi connectivity index (χ2v) is 8.29. The Balaban J connectivity index is 2.32. The van der Waals surface area contributed by atoms with Gasteiger partial charge in [0, 0.05) is 11.8 Å². The molecule has 0 saturated heterocycles. The van der Waals surface area contributed by atoms with E-state index in [0.29, 0.717) is 17.6 Å². The zero-order chi connectivity index (χ0) is 14.6. The third-order valence-electron chi connectivity index (χ3n) is 6.52. The van der Waals surface area contributed by atoms with Crippen LogP contribution in [-0.4, -0.2) is 5.78 Å². The summed E-state index contributed by atoms with van der Waals surface area (Å²) in [5.74, 6) is 2.20. The number of allylic oxidation sites excluding steroid dienone is 1. The first-order chi connectivity index (χ1) is 8.60. The molecule has 1 heteroatoms. The maximum absolute atomic E-state index is 13.0. The Hall–Kier alpha value is -0.590. The van der Waals surface area contributed by atoms with E-state index in [1.807, 2.05) is 6.92 Å². The van der Waals surface area contributed by atoms with Crippen molar-refractivity contribution in [2.24, 2.45) is 34.5 Å². The lowest BCUT2D eigenvalue weighted by Crippen LogP contribution is -2.40. The van der Waals surface area contributed by atoms with Gasteiger partial charge >= 0.3 is 0 Å². The van der Waals surface area contributed by atoms with E-state index in [0.717, 1.165) is 18.4 Å². The molecule has 2 fully saturated rings. The average molecular weight is 262 g/mol. The summed E-state index contributed by atoms with van der Waals surface area (Å²) in [5, 5.41) is 0. The van der Waals surface area contributed by atoms with Crippen molar-refractivity contribution in [3.05, 3.63) is 12.2 Å². The molecule has 108 valence electrons. The summed E-state index contributed by atoms with van der Waals surface area (Å²) in [5.41, 5.74) is 1.58. The van der Waals surface area contributed by atoms with Gasteiger partial charge in [0.15, 0.2) is 0 Å². The van der Waals surface area contributed by atoms with Crippen LogP contribution in [0.2, 0.25) is 0 Å². The van der Waals surface area contributed by atoms with Crippen molar-refractivity contribution in [2.75, 3.05) is 0 Å². The van der Waals surface area contributed by atoms with E-state index in [4.69, 9.17) is 0 Å². The van der Waals surface area contributed by atoms with Crippen LogP contribution in [0.25, 0.3) is 0 Å². The molecule has 2 aliphatic rings. The van der Waals surface area contributed by atoms with Gasteiger partial charge in [-0.25, -0.2) is 0 Å². The molecule has 2 aliphatic carbocycles. The quantitative estimate of drug-likeness (QED) is 0.649. The number of hydrogen-bond acceptors (Lipinski definition) is 1. The summed E-state index contributed by atoms with van der Waals surface area (Å²) in [6.07, 6.45) is 3.18. The lowest BCUT2D eigenvalue weighted by Gasteiger charge is -2.39. The number of rotatable bonds is 2. The molecule has 0 radical (unpaired) electrons. The molecule has 0 spiro atoms. The van der Waals surface area contributed by atoms with Crippen molar-refractivity contribution >= 4 is 5.78 Å². The van der Waals surface area contributed by atoms with E-state index < -0.39 is 0 Å². The van der Waals surface area contributed by atoms with Gasteiger partial charge in [-0.05, 0) is 48.9 Å². The molecule has 1 nitrogen and oxygen atoms in total. The Kier molecular flexibility index (Phi) is 3.48. The predicted molar refractivity (Wildman–Crippen MR) is 80.9 cm³/mol. The van der Waals surface area contributed by atoms with Crippen molar-refractivity contribution in [2.45, 2.75) is 60.8 Å². The Morgan fingerprint density at radius 2 is 1.79 bits per heavy atom. The second-order valence-electron chi connectivity index (χ2n) is 8.29. The van der Waals surface area contributed by atoms with E-state index >= 15 is 0 Å². The van der Waals surface area contributed by atoms with Crippen LogP contribution >= 0.6 is 0 Å². The predicted octanol–water partition coefficient (Wildman–Crippen LogP) is 4.87. The van der Waals surface area contributed by atoms with E-state index in [9.17, 15) is 4.79 Å². The molecule has 0 amide bonds. The first kappa shape index (κ1) is 14.8. The summed E-state index contributed by atoms with van der Waals surface area (Å²) in [4.78, 5) is 13.0. The van der Waals surface area contributed by atoms with Gasteiger partial charge in [0.1, 0.15) is 5.78 Å². The van der Waals surface area contributed by atoms with Gasteiger partial charge in [-0.2, -0.15) is 0 Å². The van der Waals surface area contributed by atoms with Crippen molar-refractivity contribution in [3.8, 4) is 0 Å². The molecule has 0 aromatic carbocycles. The fourth-order valence-electron chi connectivity index (χ4n) is 5.00. The molecule has 0 bridgehead atoms. The van der Waals surface area contributed by atoms with Crippen LogP contribution < -0.4 is 0 Å². The van der Waals surface area contributed by atoms with Gasteiger partial charge in [0.05, 0.1) is 0 Å². The van der Waals surface area contributed by atoms with Crippen molar-refractivity contribution in [1.29, 1.82) is 0 Å². The molecule has 0 aromatic heterocycles. The fraction of sp³-hybridized carbons (Fsp3) is 0.833. The molecule has 0 aromatic rings. The minimum atomic E-state index is 0.138. The highest BCUT2D eigenvalue weighted by molar-refractivity contribution is 5.86. The van der Waals surface area contributed by atoms with E-state index in [-0.39, 0.29) is 22.7 Å². The number of carbonyl (C=O) groups excluding carboxylic acids is 1. The number of hydrogen-bond donors (Lipinski definition) is 0. The first-order valence-electron chi connectivity index (χ1n) is 7.78. The minimum Gasteiger partial charge on any atom is -0.299 e. The smallest absolute Gasteiger partial charge is 0.140 e. The van der Waals surface area contributed by atoms with Crippen molar-refractivity contribution in [1.82, 2.24) is 0 Å². The van der Waals surface area contributed by atoms with Gasteiger partial charge in [0.2, 0.25) is 0 Å². The van der Waals surface area contributed by atoms with Crippen molar-refractivity contribution < 1.29 is 4.79 Å². The Bertz CT molecular complexity index is 402. The second kappa shape index (κ2) is 4.46. The van der Waals surface area contributed by atoms with Crippen LogP contribution in [0.1, 0.15) is 60.8 Å². The largest absolute Gasteiger partial charge is 0.299 e. The fourth-order valence-corrected chi connectivity index (χ4v) is 5.00. The number of ketones is 1. The van der Waals surface area contributed by atoms with Crippen LogP contribution in [0.5, 0.6) is 0 Å². The molecule has 19 heavy (non-hydrogen) atoms. The summed E-state index contributed by atoms with van der Waals surface area (Å²) in [6.45, 7) is 17.8. The van der Waals surface area contributed by atoms with Crippen LogP contribution in [0.4, 0.5) is 0 Å². The van der Waals surface area contributed by atoms with Crippen LogP contribution in [-0.2, 0) is 4.79 Å². The van der Waals surface area contributed by atoms with Gasteiger partial charge in [-0.15, -0.1) is 6.58 Å². The highest BCUT2D eigenvalue weighted by Crippen LogP contribution is 2.64. The van der Waals surface area contributed by atoms with Crippen LogP contribution in [0.15, 0.2) is 12.2 Å². The van der Waals surface area contributed by atoms with Gasteiger partial charge in [-0.1, -0.05) is 40.2 Å². The Morgan fingerprint density at radius 3 is 2.32 bits per heavy atom. The van der Waals surface area contributed by atoms with E-state index in [2.05, 4.69) is 41.2 Å². The molecule has 2 saturated carbocycles. The van der Waals surface area contributed by atoms with E-state index in [1.165, 1.54) is 6.42 Å². The Labute approximate surface area is 118 Å². The van der Waals surface area contributed by atoms with Crippen LogP contribution in [0, 0.1) is 34.5 Å². The zero-order valence-corrected chi connectivity index (χ0v) is 13.5. The topological polar surface area (TPSA) is 17.1 Å². The summed E-state index contributed by atoms with van der Waals surface area (Å²) >= 11 is 0. The normalized spacial score (nSPS) is 40.0. The molecule has 3 unspecified atom stereocenters. The highest BCUT2D eigenvalue weighted by Gasteiger charge is 2.61. The SMILES string of the molecule is C=C(C)CC1CCC2C(C1=O)C(C)(C)[C@@H](C)C2(C)C. The highest BCUT2D eigenvalue weighted by atomic mass is 16.1. The molecular formula is C18H30O. The molecular weight excluding hydrogens is 232 g/mol. The summed E-state index contributed by atoms with van der Waals surface area (Å²) in [6, 6.07) is 0. The zero-order valence-electron chi connectivity index (χ0n) is 13.5. The first-order valence-corrected chi connectivity index (χ1v) is 7.78. The van der Waals surface area contributed by atoms with Gasteiger partial charge < -0.3 is 0 Å². The number of Topliss-reactive ketones (excluding diaryl/α,β-unsaturated/α-hetero) is 1. The van der Waals surface area contributed by atoms with Crippen LogP contribution in [0.3, 0.4) is 0 Å². The summed E-state index contributed by atoms with van der Waals surface area (Å²) < 4.78 is 0. The third-order valence-corrected chi connectivity index (χ3v) is 6.52. The van der Waals surface area contributed by atoms with Crippen molar-refractivity contribution in [3.63, 3.8) is 0 Å². The molecule has 2 rings (SSSR count).